The zero-order valence-electron chi connectivity index (χ0n) is 15.8. The van der Waals surface area contributed by atoms with Crippen molar-refractivity contribution >= 4 is 29.5 Å². The number of carbonyl (C=O) groups excluding carboxylic acids is 2. The van der Waals surface area contributed by atoms with Gasteiger partial charge in [0.2, 0.25) is 17.8 Å². The highest BCUT2D eigenvalue weighted by Crippen LogP contribution is 2.22. The van der Waals surface area contributed by atoms with Crippen molar-refractivity contribution in [2.24, 2.45) is 5.92 Å². The second-order valence-electron chi connectivity index (χ2n) is 6.93. The van der Waals surface area contributed by atoms with Crippen molar-refractivity contribution in [3.05, 3.63) is 54.4 Å². The number of carbonyl (C=O) groups is 2. The van der Waals surface area contributed by atoms with Crippen LogP contribution in [0.15, 0.2) is 48.8 Å². The second-order valence-corrected chi connectivity index (χ2v) is 6.93. The van der Waals surface area contributed by atoms with Gasteiger partial charge in [0.15, 0.2) is 0 Å². The van der Waals surface area contributed by atoms with E-state index in [1.54, 1.807) is 24.5 Å². The number of amides is 2. The second kappa shape index (κ2) is 9.64. The van der Waals surface area contributed by atoms with Gasteiger partial charge in [0.25, 0.3) is 0 Å². The van der Waals surface area contributed by atoms with Gasteiger partial charge in [0.05, 0.1) is 0 Å². The van der Waals surface area contributed by atoms with Gasteiger partial charge in [-0.25, -0.2) is 9.97 Å². The molecular weight excluding hydrogens is 354 g/mol. The fourth-order valence-electron chi connectivity index (χ4n) is 3.23. The maximum atomic E-state index is 12.3. The zero-order chi connectivity index (χ0) is 19.8. The van der Waals surface area contributed by atoms with Crippen LogP contribution < -0.4 is 11.1 Å². The molecule has 1 aliphatic heterocycles. The van der Waals surface area contributed by atoms with Gasteiger partial charge in [0.1, 0.15) is 0 Å². The lowest BCUT2D eigenvalue weighted by Crippen LogP contribution is -2.37. The molecular formula is C21H25N5O2. The minimum atomic E-state index is -0.0166. The maximum absolute atomic E-state index is 12.3. The van der Waals surface area contributed by atoms with Crippen LogP contribution in [0, 0.1) is 5.92 Å². The topological polar surface area (TPSA) is 101 Å². The number of nitrogens with one attached hydrogen (secondary N) is 1. The Kier molecular flexibility index (Phi) is 6.73. The van der Waals surface area contributed by atoms with Gasteiger partial charge in [-0.1, -0.05) is 18.2 Å². The number of para-hydroxylation sites is 1. The quantitative estimate of drug-likeness (QED) is 0.752. The van der Waals surface area contributed by atoms with E-state index in [1.165, 1.54) is 0 Å². The van der Waals surface area contributed by atoms with Gasteiger partial charge in [-0.15, -0.1) is 0 Å². The molecule has 0 saturated carbocycles. The summed E-state index contributed by atoms with van der Waals surface area (Å²) in [5.41, 5.74) is 7.01. The molecule has 0 radical (unpaired) electrons. The zero-order valence-corrected chi connectivity index (χ0v) is 15.8. The smallest absolute Gasteiger partial charge is 0.246 e. The monoisotopic (exact) mass is 379 g/mol. The fourth-order valence-corrected chi connectivity index (χ4v) is 3.23. The highest BCUT2D eigenvalue weighted by molar-refractivity contribution is 5.92. The largest absolute Gasteiger partial charge is 0.368 e. The van der Waals surface area contributed by atoms with E-state index in [-0.39, 0.29) is 17.8 Å². The third-order valence-corrected chi connectivity index (χ3v) is 4.87. The molecule has 1 aromatic heterocycles. The van der Waals surface area contributed by atoms with Crippen molar-refractivity contribution in [2.75, 3.05) is 24.1 Å². The highest BCUT2D eigenvalue weighted by Gasteiger charge is 2.22. The van der Waals surface area contributed by atoms with Gasteiger partial charge >= 0.3 is 0 Å². The number of piperidine rings is 1. The summed E-state index contributed by atoms with van der Waals surface area (Å²) < 4.78 is 0. The molecule has 0 atom stereocenters. The summed E-state index contributed by atoms with van der Waals surface area (Å²) in [6, 6.07) is 9.48. The molecule has 28 heavy (non-hydrogen) atoms. The van der Waals surface area contributed by atoms with Crippen molar-refractivity contribution < 1.29 is 9.59 Å². The number of nitrogens with two attached hydrogens (primary N) is 1. The van der Waals surface area contributed by atoms with Gasteiger partial charge in [-0.3, -0.25) is 9.59 Å². The summed E-state index contributed by atoms with van der Waals surface area (Å²) in [4.78, 5) is 34.0. The van der Waals surface area contributed by atoms with Gasteiger partial charge < -0.3 is 16.0 Å². The normalized spacial score (nSPS) is 14.9. The van der Waals surface area contributed by atoms with Crippen molar-refractivity contribution in [1.29, 1.82) is 0 Å². The number of aromatic nitrogens is 2. The number of rotatable bonds is 6. The number of likely N-dealkylation sites (tertiary alicyclic amines) is 1. The Morgan fingerprint density at radius 1 is 1.14 bits per heavy atom. The van der Waals surface area contributed by atoms with Gasteiger partial charge in [0, 0.05) is 49.2 Å². The molecule has 3 N–H and O–H groups in total. The van der Waals surface area contributed by atoms with Crippen molar-refractivity contribution in [2.45, 2.75) is 25.7 Å². The van der Waals surface area contributed by atoms with E-state index in [9.17, 15) is 9.59 Å². The van der Waals surface area contributed by atoms with E-state index in [1.807, 2.05) is 35.2 Å². The van der Waals surface area contributed by atoms with Crippen LogP contribution in [0.2, 0.25) is 0 Å². The summed E-state index contributed by atoms with van der Waals surface area (Å²) in [7, 11) is 0. The van der Waals surface area contributed by atoms with Crippen LogP contribution in [-0.2, 0) is 9.59 Å². The average molecular weight is 379 g/mol. The molecule has 0 bridgehead atoms. The van der Waals surface area contributed by atoms with Crippen LogP contribution >= 0.6 is 0 Å². The van der Waals surface area contributed by atoms with E-state index in [0.717, 1.165) is 30.5 Å². The van der Waals surface area contributed by atoms with Crippen LogP contribution in [0.1, 0.15) is 31.2 Å². The first-order valence-corrected chi connectivity index (χ1v) is 9.49. The third-order valence-electron chi connectivity index (χ3n) is 4.87. The summed E-state index contributed by atoms with van der Waals surface area (Å²) >= 11 is 0. The summed E-state index contributed by atoms with van der Waals surface area (Å²) in [6.07, 6.45) is 9.60. The first-order valence-electron chi connectivity index (χ1n) is 9.49. The summed E-state index contributed by atoms with van der Waals surface area (Å²) in [5.74, 6) is 0.707. The lowest BCUT2D eigenvalue weighted by molar-refractivity contribution is -0.127. The van der Waals surface area contributed by atoms with Crippen LogP contribution in [0.5, 0.6) is 0 Å². The molecule has 1 fully saturated rings. The molecule has 0 aliphatic carbocycles. The standard InChI is InChI=1S/C21H25N5O2/c22-21-23-14-17(15-24-21)7-9-20(28)26-12-10-16(11-13-26)6-8-19(27)25-18-4-2-1-3-5-18/h1-5,7,9,14-16H,6,8,10-13H2,(H,25,27)(H2,22,23,24). The van der Waals surface area contributed by atoms with E-state index in [0.29, 0.717) is 25.4 Å². The van der Waals surface area contributed by atoms with E-state index < -0.39 is 0 Å². The molecule has 1 aliphatic rings. The van der Waals surface area contributed by atoms with Crippen LogP contribution in [0.3, 0.4) is 0 Å². The minimum absolute atomic E-state index is 0.0166. The Hall–Kier alpha value is -3.22. The molecule has 3 rings (SSSR count). The lowest BCUT2D eigenvalue weighted by Gasteiger charge is -2.31. The molecule has 2 amide bonds. The number of benzene rings is 1. The Morgan fingerprint density at radius 3 is 2.50 bits per heavy atom. The molecule has 1 saturated heterocycles. The van der Waals surface area contributed by atoms with Crippen molar-refractivity contribution in [3.63, 3.8) is 0 Å². The number of nitrogen functional groups attached to an aromatic ring is 1. The molecule has 7 heteroatoms. The lowest BCUT2D eigenvalue weighted by atomic mass is 9.92. The molecule has 0 unspecified atom stereocenters. The predicted molar refractivity (Wildman–Crippen MR) is 109 cm³/mol. The number of anilines is 2. The predicted octanol–water partition coefficient (Wildman–Crippen LogP) is 2.73. The van der Waals surface area contributed by atoms with Crippen molar-refractivity contribution in [1.82, 2.24) is 14.9 Å². The van der Waals surface area contributed by atoms with Crippen LogP contribution in [0.25, 0.3) is 6.08 Å². The maximum Gasteiger partial charge on any atom is 0.246 e. The molecule has 0 spiro atoms. The Balaban J connectivity index is 1.38. The van der Waals surface area contributed by atoms with Crippen molar-refractivity contribution in [3.8, 4) is 0 Å². The highest BCUT2D eigenvalue weighted by atomic mass is 16.2. The van der Waals surface area contributed by atoms with Crippen LogP contribution in [-0.4, -0.2) is 39.8 Å². The fraction of sp³-hybridized carbons (Fsp3) is 0.333. The summed E-state index contributed by atoms with van der Waals surface area (Å²) in [5, 5.41) is 2.91. The molecule has 1 aromatic carbocycles. The molecule has 2 heterocycles. The van der Waals surface area contributed by atoms with E-state index in [4.69, 9.17) is 5.73 Å². The number of hydrogen-bond acceptors (Lipinski definition) is 5. The Morgan fingerprint density at radius 2 is 1.82 bits per heavy atom. The van der Waals surface area contributed by atoms with Gasteiger partial charge in [-0.05, 0) is 43.4 Å². The molecule has 146 valence electrons. The van der Waals surface area contributed by atoms with E-state index >= 15 is 0 Å². The number of hydrogen-bond donors (Lipinski definition) is 2. The molecule has 2 aromatic rings. The minimum Gasteiger partial charge on any atom is -0.368 e. The van der Waals surface area contributed by atoms with Crippen LogP contribution in [0.4, 0.5) is 11.6 Å². The summed E-state index contributed by atoms with van der Waals surface area (Å²) in [6.45, 7) is 1.43. The Labute approximate surface area is 164 Å². The average Bonchev–Trinajstić information content (AvgIpc) is 2.73. The molecule has 7 nitrogen and oxygen atoms in total. The van der Waals surface area contributed by atoms with E-state index in [2.05, 4.69) is 15.3 Å². The SMILES string of the molecule is Nc1ncc(C=CC(=O)N2CCC(CCC(=O)Nc3ccccc3)CC2)cn1. The third kappa shape index (κ3) is 5.90. The first kappa shape index (κ1) is 19.5. The Bertz CT molecular complexity index is 812. The first-order chi connectivity index (χ1) is 13.6. The number of nitrogens with zero attached hydrogens (tertiary/aromatic N) is 3. The van der Waals surface area contributed by atoms with Gasteiger partial charge in [-0.2, -0.15) is 0 Å².